The number of benzene rings is 2. The first-order valence-electron chi connectivity index (χ1n) is 8.48. The van der Waals surface area contributed by atoms with Crippen molar-refractivity contribution in [2.45, 2.75) is 52.4 Å². The molecule has 1 heteroatoms. The lowest BCUT2D eigenvalue weighted by atomic mass is 9.91. The second-order valence-electron chi connectivity index (χ2n) is 5.79. The molecule has 0 aliphatic heterocycles. The summed E-state index contributed by atoms with van der Waals surface area (Å²) in [7, 11) is 0. The van der Waals surface area contributed by atoms with E-state index in [-0.39, 0.29) is 5.78 Å². The third-order valence-corrected chi connectivity index (χ3v) is 4.16. The van der Waals surface area contributed by atoms with Gasteiger partial charge in [-0.2, -0.15) is 0 Å². The Bertz CT molecular complexity index is 613. The highest BCUT2D eigenvalue weighted by Crippen LogP contribution is 2.29. The molecule has 0 heterocycles. The molecule has 1 nitrogen and oxygen atoms in total. The van der Waals surface area contributed by atoms with Crippen LogP contribution in [0.15, 0.2) is 48.5 Å². The van der Waals surface area contributed by atoms with Crippen LogP contribution in [0.5, 0.6) is 0 Å². The largest absolute Gasteiger partial charge is 0.294 e. The molecule has 2 aromatic rings. The van der Waals surface area contributed by atoms with E-state index in [9.17, 15) is 4.79 Å². The standard InChI is InChI=1S/C21H26O/c1-3-5-6-7-12-17-13-8-9-14-18(17)19-15-10-11-16-20(19)21(22)4-2/h8-11,13-16H,3-7,12H2,1-2H3. The number of carbonyl (C=O) groups excluding carboxylic acids is 1. The highest BCUT2D eigenvalue weighted by atomic mass is 16.1. The van der Waals surface area contributed by atoms with Gasteiger partial charge in [0.05, 0.1) is 0 Å². The van der Waals surface area contributed by atoms with E-state index in [1.165, 1.54) is 36.8 Å². The summed E-state index contributed by atoms with van der Waals surface area (Å²) in [6.45, 7) is 4.16. The molecule has 0 saturated carbocycles. The highest BCUT2D eigenvalue weighted by Gasteiger charge is 2.13. The molecule has 116 valence electrons. The highest BCUT2D eigenvalue weighted by molar-refractivity contribution is 6.02. The van der Waals surface area contributed by atoms with Gasteiger partial charge in [-0.1, -0.05) is 81.6 Å². The van der Waals surface area contributed by atoms with Crippen molar-refractivity contribution in [2.24, 2.45) is 0 Å². The number of aryl methyl sites for hydroxylation is 1. The minimum absolute atomic E-state index is 0.219. The van der Waals surface area contributed by atoms with E-state index < -0.39 is 0 Å². The van der Waals surface area contributed by atoms with Gasteiger partial charge in [0.15, 0.2) is 5.78 Å². The Labute approximate surface area is 134 Å². The molecule has 0 amide bonds. The molecule has 0 aliphatic carbocycles. The van der Waals surface area contributed by atoms with Gasteiger partial charge >= 0.3 is 0 Å². The molecule has 0 bridgehead atoms. The number of carbonyl (C=O) groups is 1. The molecule has 0 atom stereocenters. The van der Waals surface area contributed by atoms with Crippen LogP contribution in [0.4, 0.5) is 0 Å². The number of ketones is 1. The van der Waals surface area contributed by atoms with Crippen LogP contribution < -0.4 is 0 Å². The number of rotatable bonds is 8. The fourth-order valence-electron chi connectivity index (χ4n) is 2.89. The first kappa shape index (κ1) is 16.5. The van der Waals surface area contributed by atoms with Crippen molar-refractivity contribution in [3.8, 4) is 11.1 Å². The van der Waals surface area contributed by atoms with Crippen LogP contribution in [0, 0.1) is 0 Å². The van der Waals surface area contributed by atoms with Gasteiger partial charge in [0.1, 0.15) is 0 Å². The van der Waals surface area contributed by atoms with E-state index >= 15 is 0 Å². The summed E-state index contributed by atoms with van der Waals surface area (Å²) in [5.74, 6) is 0.219. The molecule has 0 radical (unpaired) electrons. The third-order valence-electron chi connectivity index (χ3n) is 4.16. The molecule has 0 fully saturated rings. The van der Waals surface area contributed by atoms with Gasteiger partial charge in [0, 0.05) is 12.0 Å². The Morgan fingerprint density at radius 3 is 2.23 bits per heavy atom. The topological polar surface area (TPSA) is 17.1 Å². The zero-order chi connectivity index (χ0) is 15.8. The summed E-state index contributed by atoms with van der Waals surface area (Å²) in [5.41, 5.74) is 4.51. The van der Waals surface area contributed by atoms with Crippen molar-refractivity contribution in [3.63, 3.8) is 0 Å². The van der Waals surface area contributed by atoms with Crippen molar-refractivity contribution >= 4 is 5.78 Å². The van der Waals surface area contributed by atoms with Gasteiger partial charge in [0.2, 0.25) is 0 Å². The van der Waals surface area contributed by atoms with Crippen molar-refractivity contribution in [2.75, 3.05) is 0 Å². The number of Topliss-reactive ketones (excluding diaryl/α,β-unsaturated/α-hetero) is 1. The molecular formula is C21H26O. The summed E-state index contributed by atoms with van der Waals surface area (Å²) < 4.78 is 0. The summed E-state index contributed by atoms with van der Waals surface area (Å²) in [6.07, 6.45) is 6.69. The first-order valence-corrected chi connectivity index (χ1v) is 8.48. The molecule has 22 heavy (non-hydrogen) atoms. The van der Waals surface area contributed by atoms with E-state index in [1.54, 1.807) is 0 Å². The van der Waals surface area contributed by atoms with Crippen molar-refractivity contribution < 1.29 is 4.79 Å². The fraction of sp³-hybridized carbons (Fsp3) is 0.381. The van der Waals surface area contributed by atoms with Crippen LogP contribution in [0.1, 0.15) is 61.9 Å². The second kappa shape index (κ2) is 8.53. The molecule has 2 aromatic carbocycles. The lowest BCUT2D eigenvalue weighted by molar-refractivity contribution is 0.0989. The predicted molar refractivity (Wildman–Crippen MR) is 94.3 cm³/mol. The van der Waals surface area contributed by atoms with Crippen LogP contribution in [-0.4, -0.2) is 5.78 Å². The molecule has 0 N–H and O–H groups in total. The Kier molecular flexibility index (Phi) is 6.39. The van der Waals surface area contributed by atoms with E-state index in [4.69, 9.17) is 0 Å². The molecule has 2 rings (SSSR count). The number of hydrogen-bond donors (Lipinski definition) is 0. The van der Waals surface area contributed by atoms with E-state index in [1.807, 2.05) is 25.1 Å². The van der Waals surface area contributed by atoms with Crippen molar-refractivity contribution in [1.29, 1.82) is 0 Å². The molecule has 0 spiro atoms. The van der Waals surface area contributed by atoms with Crippen molar-refractivity contribution in [1.82, 2.24) is 0 Å². The average molecular weight is 294 g/mol. The summed E-state index contributed by atoms with van der Waals surface area (Å²) in [5, 5.41) is 0. The smallest absolute Gasteiger partial charge is 0.163 e. The van der Waals surface area contributed by atoms with Gasteiger partial charge in [-0.05, 0) is 29.5 Å². The maximum absolute atomic E-state index is 12.2. The van der Waals surface area contributed by atoms with Crippen LogP contribution >= 0.6 is 0 Å². The summed E-state index contributed by atoms with van der Waals surface area (Å²) in [4.78, 5) is 12.2. The predicted octanol–water partition coefficient (Wildman–Crippen LogP) is 6.07. The molecular weight excluding hydrogens is 268 g/mol. The minimum Gasteiger partial charge on any atom is -0.294 e. The van der Waals surface area contributed by atoms with Gasteiger partial charge in [-0.25, -0.2) is 0 Å². The molecule has 0 unspecified atom stereocenters. The van der Waals surface area contributed by atoms with E-state index in [2.05, 4.69) is 37.3 Å². The summed E-state index contributed by atoms with van der Waals surface area (Å²) >= 11 is 0. The normalized spacial score (nSPS) is 10.6. The van der Waals surface area contributed by atoms with Gasteiger partial charge < -0.3 is 0 Å². The van der Waals surface area contributed by atoms with Gasteiger partial charge in [-0.3, -0.25) is 4.79 Å². The maximum Gasteiger partial charge on any atom is 0.163 e. The van der Waals surface area contributed by atoms with E-state index in [0.717, 1.165) is 17.5 Å². The second-order valence-corrected chi connectivity index (χ2v) is 5.79. The first-order chi connectivity index (χ1) is 10.8. The van der Waals surface area contributed by atoms with E-state index in [0.29, 0.717) is 6.42 Å². The molecule has 0 aromatic heterocycles. The minimum atomic E-state index is 0.219. The van der Waals surface area contributed by atoms with Crippen LogP contribution in [0.3, 0.4) is 0 Å². The third kappa shape index (κ3) is 4.07. The number of hydrogen-bond acceptors (Lipinski definition) is 1. The Hall–Kier alpha value is -1.89. The van der Waals surface area contributed by atoms with Crippen LogP contribution in [0.25, 0.3) is 11.1 Å². The fourth-order valence-corrected chi connectivity index (χ4v) is 2.89. The molecule has 0 saturated heterocycles. The zero-order valence-corrected chi connectivity index (χ0v) is 13.8. The monoisotopic (exact) mass is 294 g/mol. The van der Waals surface area contributed by atoms with Gasteiger partial charge in [-0.15, -0.1) is 0 Å². The number of unbranched alkanes of at least 4 members (excludes halogenated alkanes) is 3. The zero-order valence-electron chi connectivity index (χ0n) is 13.8. The van der Waals surface area contributed by atoms with Crippen molar-refractivity contribution in [3.05, 3.63) is 59.7 Å². The van der Waals surface area contributed by atoms with Crippen LogP contribution in [0.2, 0.25) is 0 Å². The Morgan fingerprint density at radius 1 is 0.818 bits per heavy atom. The Balaban J connectivity index is 2.31. The lowest BCUT2D eigenvalue weighted by Gasteiger charge is -2.13. The van der Waals surface area contributed by atoms with Crippen LogP contribution in [-0.2, 0) is 6.42 Å². The van der Waals surface area contributed by atoms with Gasteiger partial charge in [0.25, 0.3) is 0 Å². The maximum atomic E-state index is 12.2. The lowest BCUT2D eigenvalue weighted by Crippen LogP contribution is -2.01. The quantitative estimate of drug-likeness (QED) is 0.426. The Morgan fingerprint density at radius 2 is 1.50 bits per heavy atom. The average Bonchev–Trinajstić information content (AvgIpc) is 2.58. The molecule has 0 aliphatic rings. The summed E-state index contributed by atoms with van der Waals surface area (Å²) in [6, 6.07) is 16.5. The SMILES string of the molecule is CCCCCCc1ccccc1-c1ccccc1C(=O)CC.